The zero-order valence-corrected chi connectivity index (χ0v) is 18.1. The van der Waals surface area contributed by atoms with Gasteiger partial charge in [-0.1, -0.05) is 56.3 Å². The van der Waals surface area contributed by atoms with Crippen molar-refractivity contribution in [2.75, 3.05) is 0 Å². The quantitative estimate of drug-likeness (QED) is 0.379. The highest BCUT2D eigenvalue weighted by molar-refractivity contribution is 6.43. The van der Waals surface area contributed by atoms with E-state index in [2.05, 4.69) is 20.6 Å². The Morgan fingerprint density at radius 1 is 0.969 bits per heavy atom. The average molecular weight is 434 g/mol. The molecule has 0 aliphatic carbocycles. The van der Waals surface area contributed by atoms with E-state index in [9.17, 15) is 19.6 Å². The Hall–Kier alpha value is -3.30. The third kappa shape index (κ3) is 6.35. The van der Waals surface area contributed by atoms with Crippen molar-refractivity contribution in [3.63, 3.8) is 0 Å². The molecule has 3 aromatic rings. The smallest absolute Gasteiger partial charge is 0.426 e. The van der Waals surface area contributed by atoms with Gasteiger partial charge in [-0.05, 0) is 30.0 Å². The number of fused-ring (bicyclic) bond motifs is 1. The minimum Gasteiger partial charge on any atom is -0.426 e. The van der Waals surface area contributed by atoms with Gasteiger partial charge in [0.2, 0.25) is 5.91 Å². The van der Waals surface area contributed by atoms with E-state index in [-0.39, 0.29) is 18.0 Å². The lowest BCUT2D eigenvalue weighted by Gasteiger charge is -2.24. The molecule has 0 bridgehead atoms. The summed E-state index contributed by atoms with van der Waals surface area (Å²) < 4.78 is 0. The van der Waals surface area contributed by atoms with Crippen LogP contribution in [0.5, 0.6) is 0 Å². The lowest BCUT2D eigenvalue weighted by atomic mass is 9.75. The van der Waals surface area contributed by atoms with Crippen molar-refractivity contribution < 1.29 is 19.6 Å². The average Bonchev–Trinajstić information content (AvgIpc) is 2.78. The molecule has 0 aliphatic rings. The molecule has 1 unspecified atom stereocenters. The maximum absolute atomic E-state index is 13.0. The van der Waals surface area contributed by atoms with Crippen molar-refractivity contribution in [3.8, 4) is 0 Å². The molecule has 32 heavy (non-hydrogen) atoms. The summed E-state index contributed by atoms with van der Waals surface area (Å²) in [7, 11) is -1.71. The van der Waals surface area contributed by atoms with Gasteiger partial charge in [-0.2, -0.15) is 0 Å². The number of aromatic nitrogens is 2. The first kappa shape index (κ1) is 23.4. The number of amides is 2. The molecule has 2 atom stereocenters. The van der Waals surface area contributed by atoms with Gasteiger partial charge in [0, 0.05) is 6.42 Å². The summed E-state index contributed by atoms with van der Waals surface area (Å²) in [4.78, 5) is 34.5. The van der Waals surface area contributed by atoms with E-state index in [1.165, 1.54) is 6.20 Å². The fourth-order valence-electron chi connectivity index (χ4n) is 3.40. The number of benzene rings is 2. The molecule has 2 amide bonds. The molecule has 4 N–H and O–H groups in total. The number of nitrogens with one attached hydrogen (secondary N) is 2. The summed E-state index contributed by atoms with van der Waals surface area (Å²) in [6.45, 7) is 3.84. The number of para-hydroxylation sites is 2. The van der Waals surface area contributed by atoms with Gasteiger partial charge in [-0.15, -0.1) is 0 Å². The van der Waals surface area contributed by atoms with Crippen LogP contribution in [-0.2, 0) is 11.2 Å². The van der Waals surface area contributed by atoms with Crippen molar-refractivity contribution in [1.82, 2.24) is 20.6 Å². The first-order valence-corrected chi connectivity index (χ1v) is 10.6. The lowest BCUT2D eigenvalue weighted by molar-refractivity contribution is -0.123. The molecule has 0 radical (unpaired) electrons. The third-order valence-electron chi connectivity index (χ3n) is 5.00. The van der Waals surface area contributed by atoms with Crippen LogP contribution in [0.15, 0.2) is 60.8 Å². The monoisotopic (exact) mass is 434 g/mol. The highest BCUT2D eigenvalue weighted by Crippen LogP contribution is 2.11. The second-order valence-electron chi connectivity index (χ2n) is 8.12. The van der Waals surface area contributed by atoms with Crippen molar-refractivity contribution in [1.29, 1.82) is 0 Å². The molecular formula is C23H27BN4O4. The number of nitrogens with zero attached hydrogens (tertiary/aromatic N) is 2. The molecule has 8 nitrogen and oxygen atoms in total. The minimum absolute atomic E-state index is 0.0930. The van der Waals surface area contributed by atoms with Gasteiger partial charge < -0.3 is 20.7 Å². The molecule has 0 spiro atoms. The Kier molecular flexibility index (Phi) is 7.91. The second-order valence-corrected chi connectivity index (χ2v) is 8.12. The van der Waals surface area contributed by atoms with Crippen LogP contribution in [0.2, 0.25) is 0 Å². The molecule has 0 saturated heterocycles. The molecule has 166 valence electrons. The molecule has 0 saturated carbocycles. The van der Waals surface area contributed by atoms with E-state index in [1.54, 1.807) is 18.2 Å². The molecule has 2 aromatic carbocycles. The van der Waals surface area contributed by atoms with E-state index in [1.807, 2.05) is 50.2 Å². The van der Waals surface area contributed by atoms with Crippen LogP contribution in [0.4, 0.5) is 0 Å². The molecule has 1 heterocycles. The minimum atomic E-state index is -1.71. The summed E-state index contributed by atoms with van der Waals surface area (Å²) in [6, 6.07) is 15.5. The Morgan fingerprint density at radius 2 is 1.62 bits per heavy atom. The van der Waals surface area contributed by atoms with Gasteiger partial charge in [0.25, 0.3) is 5.91 Å². The Bertz CT molecular complexity index is 1060. The van der Waals surface area contributed by atoms with Gasteiger partial charge in [0.15, 0.2) is 0 Å². The first-order chi connectivity index (χ1) is 15.3. The lowest BCUT2D eigenvalue weighted by Crippen LogP contribution is -2.55. The third-order valence-corrected chi connectivity index (χ3v) is 5.00. The largest absolute Gasteiger partial charge is 0.475 e. The number of hydrogen-bond acceptors (Lipinski definition) is 6. The Labute approximate surface area is 187 Å². The highest BCUT2D eigenvalue weighted by atomic mass is 16.4. The molecule has 3 rings (SSSR count). The summed E-state index contributed by atoms with van der Waals surface area (Å²) in [6.07, 6.45) is 1.98. The maximum Gasteiger partial charge on any atom is 0.475 e. The van der Waals surface area contributed by atoms with E-state index >= 15 is 0 Å². The molecule has 9 heteroatoms. The summed E-state index contributed by atoms with van der Waals surface area (Å²) in [5.74, 6) is -1.76. The van der Waals surface area contributed by atoms with Gasteiger partial charge in [-0.25, -0.2) is 4.98 Å². The van der Waals surface area contributed by atoms with Crippen LogP contribution in [0, 0.1) is 5.92 Å². The van der Waals surface area contributed by atoms with Gasteiger partial charge in [-0.3, -0.25) is 14.6 Å². The van der Waals surface area contributed by atoms with Crippen LogP contribution in [0.1, 0.15) is 36.3 Å². The zero-order chi connectivity index (χ0) is 23.1. The van der Waals surface area contributed by atoms with Crippen LogP contribution < -0.4 is 10.6 Å². The number of carbonyl (C=O) groups is 2. The topological polar surface area (TPSA) is 124 Å². The standard InChI is InChI=1S/C23H27BN4O4/c1-15(2)12-21(24(31)32)28-22(29)19(13-16-8-4-3-5-9-16)27-23(30)20-14-25-17-10-6-7-11-18(17)26-20/h3-11,14-15,19,21,31-32H,12-13H2,1-2H3,(H,27,30)(H,28,29)/t19?,21-/m0/s1. The fraction of sp³-hybridized carbons (Fsp3) is 0.304. The van der Waals surface area contributed by atoms with Crippen molar-refractivity contribution >= 4 is 30.0 Å². The fourth-order valence-corrected chi connectivity index (χ4v) is 3.40. The molecular weight excluding hydrogens is 407 g/mol. The summed E-state index contributed by atoms with van der Waals surface area (Å²) >= 11 is 0. The van der Waals surface area contributed by atoms with E-state index < -0.39 is 30.9 Å². The van der Waals surface area contributed by atoms with Crippen LogP contribution >= 0.6 is 0 Å². The second kappa shape index (κ2) is 10.8. The van der Waals surface area contributed by atoms with Crippen LogP contribution in [0.3, 0.4) is 0 Å². The van der Waals surface area contributed by atoms with Gasteiger partial charge in [0.1, 0.15) is 11.7 Å². The predicted molar refractivity (Wildman–Crippen MR) is 123 cm³/mol. The van der Waals surface area contributed by atoms with Crippen LogP contribution in [-0.4, -0.2) is 50.9 Å². The normalized spacial score (nSPS) is 12.9. The first-order valence-electron chi connectivity index (χ1n) is 10.6. The summed E-state index contributed by atoms with van der Waals surface area (Å²) in [5.41, 5.74) is 2.18. The molecule has 0 aliphatic heterocycles. The molecule has 1 aromatic heterocycles. The SMILES string of the molecule is CC(C)C[C@H](NC(=O)C(Cc1ccccc1)NC(=O)c1cnc2ccccc2n1)B(O)O. The maximum atomic E-state index is 13.0. The predicted octanol–water partition coefficient (Wildman–Crippen LogP) is 1.51. The Morgan fingerprint density at radius 3 is 2.28 bits per heavy atom. The van der Waals surface area contributed by atoms with Crippen LogP contribution in [0.25, 0.3) is 11.0 Å². The Balaban J connectivity index is 1.81. The van der Waals surface area contributed by atoms with E-state index in [4.69, 9.17) is 0 Å². The van der Waals surface area contributed by atoms with Crippen molar-refractivity contribution in [2.45, 2.75) is 38.7 Å². The van der Waals surface area contributed by atoms with Crippen molar-refractivity contribution in [3.05, 3.63) is 72.1 Å². The van der Waals surface area contributed by atoms with Gasteiger partial charge >= 0.3 is 7.12 Å². The van der Waals surface area contributed by atoms with E-state index in [0.717, 1.165) is 5.56 Å². The molecule has 0 fully saturated rings. The number of hydrogen-bond donors (Lipinski definition) is 4. The highest BCUT2D eigenvalue weighted by Gasteiger charge is 2.30. The zero-order valence-electron chi connectivity index (χ0n) is 18.1. The summed E-state index contributed by atoms with van der Waals surface area (Å²) in [5, 5.41) is 24.7. The van der Waals surface area contributed by atoms with E-state index in [0.29, 0.717) is 17.5 Å². The number of rotatable bonds is 9. The van der Waals surface area contributed by atoms with Crippen molar-refractivity contribution in [2.24, 2.45) is 5.92 Å². The van der Waals surface area contributed by atoms with Gasteiger partial charge in [0.05, 0.1) is 23.2 Å². The number of carbonyl (C=O) groups excluding carboxylic acids is 2.